The summed E-state index contributed by atoms with van der Waals surface area (Å²) in [5.74, 6) is 0. The first-order valence-electron chi connectivity index (χ1n) is 6.22. The Morgan fingerprint density at radius 1 is 1.25 bits per heavy atom. The van der Waals surface area contributed by atoms with Crippen LogP contribution in [0.15, 0.2) is 52.1 Å². The number of imidazole rings is 1. The molecule has 0 N–H and O–H groups in total. The Labute approximate surface area is 120 Å². The van der Waals surface area contributed by atoms with Gasteiger partial charge in [0.05, 0.1) is 12.3 Å². The zero-order valence-electron chi connectivity index (χ0n) is 11.3. The van der Waals surface area contributed by atoms with Crippen LogP contribution >= 0.6 is 11.9 Å². The molecule has 20 heavy (non-hydrogen) atoms. The molecular formula is C13H15N5OS. The molecule has 1 aromatic heterocycles. The molecule has 0 saturated carbocycles. The normalized spacial score (nSPS) is 18.9. The second-order valence-electron chi connectivity index (χ2n) is 4.42. The first-order valence-corrected chi connectivity index (χ1v) is 7.41. The van der Waals surface area contributed by atoms with Gasteiger partial charge in [-0.05, 0) is 34.9 Å². The molecule has 0 aliphatic carbocycles. The highest BCUT2D eigenvalue weighted by molar-refractivity contribution is 7.97. The van der Waals surface area contributed by atoms with Gasteiger partial charge in [0.1, 0.15) is 6.10 Å². The Balaban J connectivity index is 1.77. The fourth-order valence-corrected chi connectivity index (χ4v) is 2.32. The van der Waals surface area contributed by atoms with E-state index in [1.54, 1.807) is 11.9 Å². The average molecular weight is 289 g/mol. The molecule has 0 radical (unpaired) electrons. The average Bonchev–Trinajstić information content (AvgIpc) is 3.26. The second-order valence-corrected chi connectivity index (χ2v) is 5.18. The van der Waals surface area contributed by atoms with Gasteiger partial charge in [-0.3, -0.25) is 3.97 Å². The maximum absolute atomic E-state index is 5.22. The number of aryl methyl sites for hydroxylation is 1. The summed E-state index contributed by atoms with van der Waals surface area (Å²) in [5, 5.41) is 12.1. The van der Waals surface area contributed by atoms with E-state index in [2.05, 4.69) is 15.4 Å². The molecule has 1 fully saturated rings. The van der Waals surface area contributed by atoms with E-state index >= 15 is 0 Å². The summed E-state index contributed by atoms with van der Waals surface area (Å²) in [6, 6.07) is 7.86. The molecule has 1 atom stereocenters. The minimum absolute atomic E-state index is 0.273. The molecule has 0 amide bonds. The lowest BCUT2D eigenvalue weighted by Crippen LogP contribution is -2.19. The van der Waals surface area contributed by atoms with Crippen molar-refractivity contribution in [3.05, 3.63) is 47.8 Å². The maximum atomic E-state index is 5.22. The Bertz CT molecular complexity index is 682. The van der Waals surface area contributed by atoms with Crippen molar-refractivity contribution < 1.29 is 4.74 Å². The van der Waals surface area contributed by atoms with Gasteiger partial charge in [-0.1, -0.05) is 17.2 Å². The predicted molar refractivity (Wildman–Crippen MR) is 77.5 cm³/mol. The molecule has 104 valence electrons. The summed E-state index contributed by atoms with van der Waals surface area (Å²) in [6.45, 7) is 0.818. The highest BCUT2D eigenvalue weighted by Crippen LogP contribution is 2.30. The van der Waals surface area contributed by atoms with Crippen molar-refractivity contribution in [2.45, 2.75) is 6.10 Å². The van der Waals surface area contributed by atoms with Crippen LogP contribution in [0.1, 0.15) is 11.7 Å². The minimum atomic E-state index is 0.273. The van der Waals surface area contributed by atoms with Gasteiger partial charge in [-0.25, -0.2) is 0 Å². The van der Waals surface area contributed by atoms with Crippen molar-refractivity contribution in [3.8, 4) is 0 Å². The first-order chi connectivity index (χ1) is 9.78. The Kier molecular flexibility index (Phi) is 3.70. The quantitative estimate of drug-likeness (QED) is 0.493. The smallest absolute Gasteiger partial charge is 0.241 e. The first kappa shape index (κ1) is 13.1. The van der Waals surface area contributed by atoms with Crippen LogP contribution in [0.2, 0.25) is 0 Å². The number of benzene rings is 1. The predicted octanol–water partition coefficient (Wildman–Crippen LogP) is 2.62. The van der Waals surface area contributed by atoms with Crippen LogP contribution < -0.4 is 5.62 Å². The van der Waals surface area contributed by atoms with Crippen molar-refractivity contribution in [1.29, 1.82) is 0 Å². The monoisotopic (exact) mass is 289 g/mol. The van der Waals surface area contributed by atoms with E-state index in [1.807, 2.05) is 58.5 Å². The van der Waals surface area contributed by atoms with Crippen molar-refractivity contribution in [2.24, 2.45) is 22.5 Å². The largest absolute Gasteiger partial charge is 0.368 e. The van der Waals surface area contributed by atoms with E-state index in [0.29, 0.717) is 0 Å². The summed E-state index contributed by atoms with van der Waals surface area (Å²) in [6.07, 6.45) is 6.11. The number of nitrogens with zero attached hydrogens (tertiary/aromatic N) is 5. The summed E-state index contributed by atoms with van der Waals surface area (Å²) < 4.78 is 9.04. The number of ether oxygens (including phenoxy) is 1. The third kappa shape index (κ3) is 2.83. The molecular weight excluding hydrogens is 274 g/mol. The van der Waals surface area contributed by atoms with Crippen LogP contribution in [-0.2, 0) is 11.8 Å². The van der Waals surface area contributed by atoms with E-state index in [9.17, 15) is 0 Å². The molecule has 6 nitrogen and oxygen atoms in total. The number of hydrogen-bond acceptors (Lipinski definition) is 4. The standard InChI is InChI=1S/C13H15N5OS/c1-17-7-8-18(20-2)13(17)15-16-14-11-5-3-10(4-6-11)12-9-19-12/h3-8,12H,9H2,1-2H3/b15-13-,16-14?. The molecule has 1 unspecified atom stereocenters. The summed E-state index contributed by atoms with van der Waals surface area (Å²) in [4.78, 5) is 0. The fourth-order valence-electron chi connectivity index (χ4n) is 1.82. The van der Waals surface area contributed by atoms with E-state index in [4.69, 9.17) is 4.74 Å². The molecule has 1 aliphatic rings. The van der Waals surface area contributed by atoms with Gasteiger partial charge in [0, 0.05) is 25.7 Å². The number of aromatic nitrogens is 2. The highest BCUT2D eigenvalue weighted by atomic mass is 32.2. The van der Waals surface area contributed by atoms with Crippen molar-refractivity contribution in [2.75, 3.05) is 12.9 Å². The SMILES string of the molecule is CSn1ccn(C)/c1=N/N=Nc1ccc(C2CO2)cc1. The number of rotatable bonds is 4. The maximum Gasteiger partial charge on any atom is 0.241 e. The lowest BCUT2D eigenvalue weighted by Gasteiger charge is -1.96. The van der Waals surface area contributed by atoms with Gasteiger partial charge < -0.3 is 9.30 Å². The molecule has 2 heterocycles. The fraction of sp³-hybridized carbons (Fsp3) is 0.308. The van der Waals surface area contributed by atoms with Crippen LogP contribution in [0.5, 0.6) is 0 Å². The van der Waals surface area contributed by atoms with Crippen LogP contribution in [0, 0.1) is 0 Å². The third-order valence-electron chi connectivity index (χ3n) is 3.03. The molecule has 1 aromatic carbocycles. The Hall–Kier alpha value is -1.86. The molecule has 0 spiro atoms. The van der Waals surface area contributed by atoms with Gasteiger partial charge in [-0.2, -0.15) is 0 Å². The van der Waals surface area contributed by atoms with Gasteiger partial charge in [-0.15, -0.1) is 5.11 Å². The molecule has 1 saturated heterocycles. The molecule has 1 aliphatic heterocycles. The van der Waals surface area contributed by atoms with Crippen LogP contribution in [-0.4, -0.2) is 21.4 Å². The van der Waals surface area contributed by atoms with Gasteiger partial charge in [0.2, 0.25) is 5.62 Å². The zero-order chi connectivity index (χ0) is 13.9. The molecule has 7 heteroatoms. The van der Waals surface area contributed by atoms with Crippen molar-refractivity contribution >= 4 is 17.6 Å². The molecule has 3 rings (SSSR count). The second kappa shape index (κ2) is 5.64. The van der Waals surface area contributed by atoms with Gasteiger partial charge in [0.15, 0.2) is 0 Å². The van der Waals surface area contributed by atoms with Crippen molar-refractivity contribution in [3.63, 3.8) is 0 Å². The zero-order valence-corrected chi connectivity index (χ0v) is 12.1. The highest BCUT2D eigenvalue weighted by Gasteiger charge is 2.24. The Morgan fingerprint density at radius 3 is 2.65 bits per heavy atom. The summed E-state index contributed by atoms with van der Waals surface area (Å²) in [5.41, 5.74) is 2.70. The van der Waals surface area contributed by atoms with Gasteiger partial charge >= 0.3 is 0 Å². The van der Waals surface area contributed by atoms with Crippen LogP contribution in [0.25, 0.3) is 0 Å². The molecule has 2 aromatic rings. The summed E-state index contributed by atoms with van der Waals surface area (Å²) >= 11 is 1.56. The van der Waals surface area contributed by atoms with E-state index in [1.165, 1.54) is 5.56 Å². The van der Waals surface area contributed by atoms with Crippen LogP contribution in [0.3, 0.4) is 0 Å². The van der Waals surface area contributed by atoms with E-state index in [-0.39, 0.29) is 6.10 Å². The Morgan fingerprint density at radius 2 is 2.00 bits per heavy atom. The molecule has 0 bridgehead atoms. The number of epoxide rings is 1. The van der Waals surface area contributed by atoms with Crippen LogP contribution in [0.4, 0.5) is 5.69 Å². The lowest BCUT2D eigenvalue weighted by atomic mass is 10.1. The van der Waals surface area contributed by atoms with E-state index in [0.717, 1.165) is 17.9 Å². The van der Waals surface area contributed by atoms with Crippen molar-refractivity contribution in [1.82, 2.24) is 8.54 Å². The minimum Gasteiger partial charge on any atom is -0.368 e. The third-order valence-corrected chi connectivity index (χ3v) is 3.71. The lowest BCUT2D eigenvalue weighted by molar-refractivity contribution is 0.415. The van der Waals surface area contributed by atoms with Gasteiger partial charge in [0.25, 0.3) is 0 Å². The summed E-state index contributed by atoms with van der Waals surface area (Å²) in [7, 11) is 1.92. The van der Waals surface area contributed by atoms with E-state index < -0.39 is 0 Å². The topological polar surface area (TPSA) is 59.5 Å². The number of hydrogen-bond donors (Lipinski definition) is 0.